The van der Waals surface area contributed by atoms with Crippen molar-refractivity contribution in [2.75, 3.05) is 9.80 Å². The van der Waals surface area contributed by atoms with E-state index in [1.54, 1.807) is 0 Å². The van der Waals surface area contributed by atoms with Gasteiger partial charge in [0.05, 0.1) is 0 Å². The van der Waals surface area contributed by atoms with E-state index >= 15 is 8.78 Å². The molecule has 0 amide bonds. The number of aromatic nitrogens is 2. The second kappa shape index (κ2) is 19.3. The molecule has 3 heterocycles. The number of anilines is 4. The van der Waals surface area contributed by atoms with Crippen LogP contribution in [-0.4, -0.2) is 9.55 Å². The van der Waals surface area contributed by atoms with Crippen molar-refractivity contribution >= 4 is 44.6 Å². The summed E-state index contributed by atoms with van der Waals surface area (Å²) in [5.41, 5.74) is 13.9. The molecule has 0 bridgehead atoms. The van der Waals surface area contributed by atoms with Gasteiger partial charge in [0.2, 0.25) is 0 Å². The monoisotopic (exact) mass is 1130 g/mol. The van der Waals surface area contributed by atoms with Gasteiger partial charge in [0.1, 0.15) is 17.5 Å². The van der Waals surface area contributed by atoms with Gasteiger partial charge in [-0.25, -0.2) is 13.8 Å². The molecule has 1 aliphatic heterocycles. The maximum Gasteiger partial charge on any atom is 0.135 e. The van der Waals surface area contributed by atoms with Crippen LogP contribution in [0.15, 0.2) is 176 Å². The Morgan fingerprint density at radius 2 is 1.21 bits per heavy atom. The Hall–Kier alpha value is -7.34. The summed E-state index contributed by atoms with van der Waals surface area (Å²) in [6.45, 7) is 17.6. The molecule has 1 aliphatic rings. The van der Waals surface area contributed by atoms with Crippen molar-refractivity contribution in [1.82, 2.24) is 9.55 Å². The molecule has 10 aromatic rings. The predicted molar refractivity (Wildman–Crippen MR) is 287 cm³/mol. The Morgan fingerprint density at radius 3 is 1.90 bits per heavy atom. The third kappa shape index (κ3) is 8.89. The van der Waals surface area contributed by atoms with Crippen LogP contribution in [0.5, 0.6) is 11.5 Å². The topological polar surface area (TPSA) is 33.5 Å². The van der Waals surface area contributed by atoms with Crippen molar-refractivity contribution in [3.63, 3.8) is 0 Å². The zero-order valence-electron chi connectivity index (χ0n) is 41.2. The molecule has 0 radical (unpaired) electrons. The first-order valence-electron chi connectivity index (χ1n) is 24.3. The molecule has 0 N–H and O–H groups in total. The van der Waals surface area contributed by atoms with Crippen molar-refractivity contribution < 1.29 is 34.6 Å². The first kappa shape index (κ1) is 48.3. The summed E-state index contributed by atoms with van der Waals surface area (Å²) < 4.78 is 39.4. The summed E-state index contributed by atoms with van der Waals surface area (Å²) in [7, 11) is 0. The number of hydrogen-bond donors (Lipinski definition) is 0. The van der Waals surface area contributed by atoms with E-state index < -0.39 is 11.6 Å². The van der Waals surface area contributed by atoms with Crippen molar-refractivity contribution in [3.05, 3.63) is 223 Å². The van der Waals surface area contributed by atoms with Crippen LogP contribution in [0.25, 0.3) is 61.0 Å². The summed E-state index contributed by atoms with van der Waals surface area (Å²) in [6.07, 6.45) is 1.89. The number of rotatable bonds is 10. The van der Waals surface area contributed by atoms with Gasteiger partial charge in [-0.1, -0.05) is 151 Å². The van der Waals surface area contributed by atoms with E-state index in [0.29, 0.717) is 22.6 Å². The Bertz CT molecular complexity index is 3600. The van der Waals surface area contributed by atoms with Gasteiger partial charge in [0.25, 0.3) is 0 Å². The van der Waals surface area contributed by atoms with Crippen LogP contribution in [0.1, 0.15) is 77.0 Å². The van der Waals surface area contributed by atoms with Crippen LogP contribution in [0.4, 0.5) is 31.5 Å². The molecule has 0 saturated carbocycles. The molecule has 72 heavy (non-hydrogen) atoms. The maximum absolute atomic E-state index is 15.1. The zero-order valence-corrected chi connectivity index (χ0v) is 43.5. The summed E-state index contributed by atoms with van der Waals surface area (Å²) in [5.74, 6) is 1.04. The Kier molecular flexibility index (Phi) is 13.0. The number of benzene rings is 8. The van der Waals surface area contributed by atoms with Crippen LogP contribution in [0.2, 0.25) is 0 Å². The van der Waals surface area contributed by atoms with Crippen LogP contribution < -0.4 is 14.5 Å². The fraction of sp³-hybridized carbons (Fsp3) is 0.156. The quantitative estimate of drug-likeness (QED) is 0.128. The summed E-state index contributed by atoms with van der Waals surface area (Å²) in [4.78, 5) is 9.16. The van der Waals surface area contributed by atoms with Gasteiger partial charge >= 0.3 is 0 Å². The third-order valence-corrected chi connectivity index (χ3v) is 13.5. The molecule has 0 aliphatic carbocycles. The smallest absolute Gasteiger partial charge is 0.135 e. The molecule has 8 heteroatoms. The molecular formula is C64H53F2N4OPt-3. The standard InChI is InChI=1S/C64H53F2N4O.Pt/c1-40(2)51-20-15-21-52(41(3)4)62(51)44-33-48(37-50(34-44)71-49-27-28-56-55-19-11-12-24-57(55)70(60(56)38-49)61-35-45(29-30-67-61)64(5,6)7)68-39-69(59-26-14-13-25-58(59)68)63-53(42-17-9-8-10-18-42)22-16-23-54(63)43-31-46(65)36-47(66)32-43;/h8-36,39-41H,1-7H3;/q-3;. The third-order valence-electron chi connectivity index (χ3n) is 13.5. The van der Waals surface area contributed by atoms with Gasteiger partial charge < -0.3 is 19.1 Å². The number of para-hydroxylation sites is 4. The molecule has 0 atom stereocenters. The van der Waals surface area contributed by atoms with E-state index in [9.17, 15) is 0 Å². The molecule has 362 valence electrons. The van der Waals surface area contributed by atoms with Gasteiger partial charge in [-0.15, -0.1) is 53.6 Å². The summed E-state index contributed by atoms with van der Waals surface area (Å²) in [6, 6.07) is 63.0. The SMILES string of the molecule is CC(C)c1cccc(C(C)C)c1-c1cc(Oc2[c-]c3c(cc2)c2ccccc2n3-c2cc(C(C)(C)C)ccn2)[c-]c(N2[CH-]N(c3c(-c4ccccc4)cccc3-c3cc(F)cc(F)c3)c3ccccc32)c1.[Pt]. The van der Waals surface area contributed by atoms with Crippen LogP contribution in [-0.2, 0) is 26.5 Å². The average molecular weight is 1130 g/mol. The molecule has 0 fully saturated rings. The fourth-order valence-corrected chi connectivity index (χ4v) is 10.1. The van der Waals surface area contributed by atoms with E-state index in [0.717, 1.165) is 78.7 Å². The minimum absolute atomic E-state index is 0. The Balaban J connectivity index is 0.00000596. The normalized spacial score (nSPS) is 12.5. The van der Waals surface area contributed by atoms with Gasteiger partial charge in [-0.05, 0) is 98.5 Å². The number of nitrogens with zero attached hydrogens (tertiary/aromatic N) is 4. The molecular weight excluding hydrogens is 1070 g/mol. The molecule has 8 aromatic carbocycles. The minimum Gasteiger partial charge on any atom is -0.509 e. The number of hydrogen-bond acceptors (Lipinski definition) is 4. The molecule has 5 nitrogen and oxygen atoms in total. The predicted octanol–water partition coefficient (Wildman–Crippen LogP) is 17.8. The molecule has 0 unspecified atom stereocenters. The number of halogens is 2. The van der Waals surface area contributed by atoms with Gasteiger partial charge in [0, 0.05) is 78.5 Å². The van der Waals surface area contributed by atoms with Crippen LogP contribution in [0.3, 0.4) is 0 Å². The Morgan fingerprint density at radius 1 is 0.569 bits per heavy atom. The van der Waals surface area contributed by atoms with Gasteiger partial charge in [-0.3, -0.25) is 0 Å². The first-order chi connectivity index (χ1) is 34.3. The molecule has 11 rings (SSSR count). The van der Waals surface area contributed by atoms with E-state index in [1.807, 2.05) is 54.7 Å². The van der Waals surface area contributed by atoms with Gasteiger partial charge in [0.15, 0.2) is 0 Å². The number of pyridine rings is 1. The summed E-state index contributed by atoms with van der Waals surface area (Å²) in [5, 5.41) is 2.14. The fourth-order valence-electron chi connectivity index (χ4n) is 10.1. The van der Waals surface area contributed by atoms with Crippen molar-refractivity contribution in [3.8, 4) is 50.7 Å². The maximum atomic E-state index is 15.1. The van der Waals surface area contributed by atoms with Crippen molar-refractivity contribution in [1.29, 1.82) is 0 Å². The second-order valence-corrected chi connectivity index (χ2v) is 20.0. The minimum atomic E-state index is -0.644. The molecule has 2 aromatic heterocycles. The molecule has 0 saturated heterocycles. The summed E-state index contributed by atoms with van der Waals surface area (Å²) >= 11 is 0. The van der Waals surface area contributed by atoms with E-state index in [2.05, 4.69) is 185 Å². The van der Waals surface area contributed by atoms with Crippen molar-refractivity contribution in [2.24, 2.45) is 0 Å². The van der Waals surface area contributed by atoms with Crippen LogP contribution >= 0.6 is 0 Å². The Labute approximate surface area is 435 Å². The van der Waals surface area contributed by atoms with E-state index in [-0.39, 0.29) is 38.3 Å². The molecule has 0 spiro atoms. The van der Waals surface area contributed by atoms with E-state index in [1.165, 1.54) is 28.8 Å². The number of ether oxygens (including phenoxy) is 1. The zero-order chi connectivity index (χ0) is 49.1. The number of fused-ring (bicyclic) bond motifs is 4. The first-order valence-corrected chi connectivity index (χ1v) is 24.3. The van der Waals surface area contributed by atoms with E-state index in [4.69, 9.17) is 9.72 Å². The second-order valence-electron chi connectivity index (χ2n) is 20.0. The van der Waals surface area contributed by atoms with Crippen molar-refractivity contribution in [2.45, 2.75) is 65.7 Å². The van der Waals surface area contributed by atoms with Gasteiger partial charge in [-0.2, -0.15) is 6.07 Å². The average Bonchev–Trinajstić information content (AvgIpc) is 3.91. The van der Waals surface area contributed by atoms with Crippen LogP contribution in [0, 0.1) is 30.4 Å². The largest absolute Gasteiger partial charge is 0.509 e.